The second kappa shape index (κ2) is 6.22. The Labute approximate surface area is 129 Å². The van der Waals surface area contributed by atoms with E-state index in [0.29, 0.717) is 17.3 Å². The largest absolute Gasteiger partial charge is 0.348 e. The van der Waals surface area contributed by atoms with Crippen LogP contribution in [0.15, 0.2) is 36.7 Å². The van der Waals surface area contributed by atoms with Gasteiger partial charge in [-0.2, -0.15) is 0 Å². The summed E-state index contributed by atoms with van der Waals surface area (Å²) in [5.74, 6) is -0.165. The molecule has 21 heavy (non-hydrogen) atoms. The van der Waals surface area contributed by atoms with Gasteiger partial charge >= 0.3 is 0 Å². The lowest BCUT2D eigenvalue weighted by atomic mass is 9.91. The number of nitrogens with zero attached hydrogens (tertiary/aromatic N) is 2. The predicted octanol–water partition coefficient (Wildman–Crippen LogP) is 3.36. The lowest BCUT2D eigenvalue weighted by molar-refractivity contribution is 0.0950. The lowest BCUT2D eigenvalue weighted by Crippen LogP contribution is -2.24. The van der Waals surface area contributed by atoms with Gasteiger partial charge in [-0.3, -0.25) is 9.78 Å². The van der Waals surface area contributed by atoms with E-state index in [4.69, 9.17) is 11.6 Å². The van der Waals surface area contributed by atoms with E-state index in [2.05, 4.69) is 15.3 Å². The molecule has 1 N–H and O–H groups in total. The van der Waals surface area contributed by atoms with Gasteiger partial charge in [-0.1, -0.05) is 32.4 Å². The molecule has 0 aliphatic rings. The van der Waals surface area contributed by atoms with Crippen LogP contribution < -0.4 is 5.32 Å². The van der Waals surface area contributed by atoms with Gasteiger partial charge in [-0.25, -0.2) is 4.98 Å². The molecule has 2 heterocycles. The van der Waals surface area contributed by atoms with Gasteiger partial charge in [0, 0.05) is 35.6 Å². The number of pyridine rings is 2. The number of rotatable bonds is 3. The normalized spacial score (nSPS) is 11.2. The summed E-state index contributed by atoms with van der Waals surface area (Å²) in [5, 5.41) is 3.20. The van der Waals surface area contributed by atoms with E-state index in [1.54, 1.807) is 24.5 Å². The summed E-state index contributed by atoms with van der Waals surface area (Å²) in [4.78, 5) is 20.5. The van der Waals surface area contributed by atoms with Crippen molar-refractivity contribution in [1.82, 2.24) is 15.3 Å². The first-order chi connectivity index (χ1) is 9.86. The first-order valence-corrected chi connectivity index (χ1v) is 7.09. The molecule has 0 aliphatic carbocycles. The highest BCUT2D eigenvalue weighted by Crippen LogP contribution is 2.23. The highest BCUT2D eigenvalue weighted by Gasteiger charge is 2.18. The lowest BCUT2D eigenvalue weighted by Gasteiger charge is -2.18. The third-order valence-electron chi connectivity index (χ3n) is 3.03. The summed E-state index contributed by atoms with van der Waals surface area (Å²) >= 11 is 6.02. The van der Waals surface area contributed by atoms with Crippen LogP contribution in [0.5, 0.6) is 0 Å². The van der Waals surface area contributed by atoms with Crippen molar-refractivity contribution in [1.29, 1.82) is 0 Å². The van der Waals surface area contributed by atoms with Gasteiger partial charge < -0.3 is 5.32 Å². The molecule has 0 saturated carbocycles. The maximum absolute atomic E-state index is 12.2. The number of nitrogens with one attached hydrogen (secondary N) is 1. The third-order valence-corrected chi connectivity index (χ3v) is 3.22. The average Bonchev–Trinajstić information content (AvgIpc) is 2.44. The number of aromatic nitrogens is 2. The Bertz CT molecular complexity index is 636. The fourth-order valence-electron chi connectivity index (χ4n) is 1.80. The van der Waals surface area contributed by atoms with E-state index in [1.165, 1.54) is 0 Å². The van der Waals surface area contributed by atoms with E-state index in [0.717, 1.165) is 11.3 Å². The summed E-state index contributed by atoms with van der Waals surface area (Å²) in [6.45, 7) is 6.55. The zero-order valence-electron chi connectivity index (χ0n) is 12.4. The standard InChI is InChI=1S/C16H18ClN3O/c1-16(2,3)13-8-12(9-14(17)20-13)15(21)19-10-11-4-6-18-7-5-11/h4-9H,10H2,1-3H3,(H,19,21). The fourth-order valence-corrected chi connectivity index (χ4v) is 2.01. The van der Waals surface area contributed by atoms with Crippen LogP contribution in [0.25, 0.3) is 0 Å². The van der Waals surface area contributed by atoms with Gasteiger partial charge in [0.1, 0.15) is 5.15 Å². The van der Waals surface area contributed by atoms with E-state index in [1.807, 2.05) is 32.9 Å². The fraction of sp³-hybridized carbons (Fsp3) is 0.312. The van der Waals surface area contributed by atoms with Crippen LogP contribution in [0, 0.1) is 0 Å². The van der Waals surface area contributed by atoms with E-state index >= 15 is 0 Å². The summed E-state index contributed by atoms with van der Waals surface area (Å²) < 4.78 is 0. The molecular formula is C16H18ClN3O. The minimum atomic E-state index is -0.165. The summed E-state index contributed by atoms with van der Waals surface area (Å²) in [7, 11) is 0. The third kappa shape index (κ3) is 4.26. The van der Waals surface area contributed by atoms with Crippen molar-refractivity contribution in [3.63, 3.8) is 0 Å². The number of halogens is 1. The average molecular weight is 304 g/mol. The highest BCUT2D eigenvalue weighted by molar-refractivity contribution is 6.29. The van der Waals surface area contributed by atoms with Crippen LogP contribution in [-0.2, 0) is 12.0 Å². The van der Waals surface area contributed by atoms with Crippen molar-refractivity contribution < 1.29 is 4.79 Å². The molecule has 0 spiro atoms. The van der Waals surface area contributed by atoms with Crippen LogP contribution in [0.2, 0.25) is 5.15 Å². The minimum Gasteiger partial charge on any atom is -0.348 e. The van der Waals surface area contributed by atoms with E-state index in [-0.39, 0.29) is 11.3 Å². The molecule has 2 rings (SSSR count). The molecule has 0 fully saturated rings. The van der Waals surface area contributed by atoms with Crippen LogP contribution >= 0.6 is 11.6 Å². The molecule has 1 amide bonds. The number of carbonyl (C=O) groups excluding carboxylic acids is 1. The molecule has 2 aromatic rings. The Kier molecular flexibility index (Phi) is 4.58. The molecule has 0 aliphatic heterocycles. The van der Waals surface area contributed by atoms with Crippen molar-refractivity contribution in [2.75, 3.05) is 0 Å². The summed E-state index contributed by atoms with van der Waals surface area (Å²) in [6, 6.07) is 7.09. The second-order valence-corrected chi connectivity index (χ2v) is 6.24. The zero-order chi connectivity index (χ0) is 15.5. The van der Waals surface area contributed by atoms with Gasteiger partial charge in [0.15, 0.2) is 0 Å². The zero-order valence-corrected chi connectivity index (χ0v) is 13.1. The smallest absolute Gasteiger partial charge is 0.251 e. The van der Waals surface area contributed by atoms with Gasteiger partial charge in [0.25, 0.3) is 5.91 Å². The molecule has 0 unspecified atom stereocenters. The molecule has 0 radical (unpaired) electrons. The maximum atomic E-state index is 12.2. The Morgan fingerprint density at radius 1 is 1.24 bits per heavy atom. The van der Waals surface area contributed by atoms with Crippen molar-refractivity contribution in [3.05, 3.63) is 58.6 Å². The molecule has 4 nitrogen and oxygen atoms in total. The van der Waals surface area contributed by atoms with Crippen molar-refractivity contribution in [2.24, 2.45) is 0 Å². The molecular weight excluding hydrogens is 286 g/mol. The Morgan fingerprint density at radius 2 is 1.90 bits per heavy atom. The molecule has 0 aromatic carbocycles. The van der Waals surface area contributed by atoms with Gasteiger partial charge in [0.05, 0.1) is 0 Å². The van der Waals surface area contributed by atoms with Gasteiger partial charge in [0.2, 0.25) is 0 Å². The topological polar surface area (TPSA) is 54.9 Å². The van der Waals surface area contributed by atoms with Gasteiger partial charge in [-0.05, 0) is 29.8 Å². The maximum Gasteiger partial charge on any atom is 0.251 e. The monoisotopic (exact) mass is 303 g/mol. The summed E-state index contributed by atoms with van der Waals surface area (Å²) in [5.41, 5.74) is 2.15. The Balaban J connectivity index is 2.14. The van der Waals surface area contributed by atoms with Crippen molar-refractivity contribution in [3.8, 4) is 0 Å². The minimum absolute atomic E-state index is 0.162. The molecule has 110 valence electrons. The first kappa shape index (κ1) is 15.4. The Morgan fingerprint density at radius 3 is 2.52 bits per heavy atom. The second-order valence-electron chi connectivity index (χ2n) is 5.85. The van der Waals surface area contributed by atoms with Crippen LogP contribution in [0.3, 0.4) is 0 Å². The van der Waals surface area contributed by atoms with Crippen molar-refractivity contribution in [2.45, 2.75) is 32.7 Å². The number of hydrogen-bond acceptors (Lipinski definition) is 3. The Hall–Kier alpha value is -1.94. The van der Waals surface area contributed by atoms with Crippen LogP contribution in [-0.4, -0.2) is 15.9 Å². The predicted molar refractivity (Wildman–Crippen MR) is 83.4 cm³/mol. The molecule has 0 bridgehead atoms. The molecule has 5 heteroatoms. The van der Waals surface area contributed by atoms with Crippen LogP contribution in [0.1, 0.15) is 42.4 Å². The van der Waals surface area contributed by atoms with Crippen LogP contribution in [0.4, 0.5) is 0 Å². The van der Waals surface area contributed by atoms with E-state index < -0.39 is 0 Å². The van der Waals surface area contributed by atoms with Crippen molar-refractivity contribution >= 4 is 17.5 Å². The number of carbonyl (C=O) groups is 1. The van der Waals surface area contributed by atoms with E-state index in [9.17, 15) is 4.79 Å². The quantitative estimate of drug-likeness (QED) is 0.885. The van der Waals surface area contributed by atoms with Gasteiger partial charge in [-0.15, -0.1) is 0 Å². The first-order valence-electron chi connectivity index (χ1n) is 6.71. The summed E-state index contributed by atoms with van der Waals surface area (Å²) in [6.07, 6.45) is 3.39. The number of hydrogen-bond donors (Lipinski definition) is 1. The molecule has 0 atom stereocenters. The number of amides is 1. The SMILES string of the molecule is CC(C)(C)c1cc(C(=O)NCc2ccncc2)cc(Cl)n1. The molecule has 2 aromatic heterocycles. The molecule has 0 saturated heterocycles. The highest BCUT2D eigenvalue weighted by atomic mass is 35.5.